The average Bonchev–Trinajstić information content (AvgIpc) is 2.58. The van der Waals surface area contributed by atoms with Crippen molar-refractivity contribution in [3.05, 3.63) is 41.2 Å². The molecule has 1 N–H and O–H groups in total. The zero-order chi connectivity index (χ0) is 16.2. The molecule has 23 heavy (non-hydrogen) atoms. The van der Waals surface area contributed by atoms with Crippen molar-refractivity contribution in [3.63, 3.8) is 0 Å². The molecule has 0 saturated carbocycles. The van der Waals surface area contributed by atoms with Crippen molar-refractivity contribution in [2.75, 3.05) is 43.4 Å². The number of nitrogens with zero attached hydrogens (tertiary/aromatic N) is 4. The number of aryl methyl sites for hydroxylation is 1. The molecular weight excluding hydrogens is 310 g/mol. The van der Waals surface area contributed by atoms with Crippen molar-refractivity contribution >= 4 is 28.9 Å². The van der Waals surface area contributed by atoms with Crippen LogP contribution in [0.15, 0.2) is 30.5 Å². The second-order valence-electron chi connectivity index (χ2n) is 5.80. The maximum atomic E-state index is 6.05. The molecular formula is C17H22ClN5. The molecule has 2 aromatic rings. The van der Waals surface area contributed by atoms with Crippen molar-refractivity contribution in [2.45, 2.75) is 13.3 Å². The van der Waals surface area contributed by atoms with E-state index >= 15 is 0 Å². The number of piperazine rings is 1. The molecule has 2 heterocycles. The molecule has 0 atom stereocenters. The van der Waals surface area contributed by atoms with E-state index in [0.717, 1.165) is 44.0 Å². The van der Waals surface area contributed by atoms with Crippen LogP contribution in [0.4, 0.5) is 17.3 Å². The fraction of sp³-hybridized carbons (Fsp3) is 0.412. The van der Waals surface area contributed by atoms with Gasteiger partial charge in [-0.2, -0.15) is 0 Å². The van der Waals surface area contributed by atoms with E-state index in [1.807, 2.05) is 6.92 Å². The summed E-state index contributed by atoms with van der Waals surface area (Å²) in [5.41, 5.74) is 3.10. The zero-order valence-corrected chi connectivity index (χ0v) is 14.3. The van der Waals surface area contributed by atoms with E-state index in [1.54, 1.807) is 6.20 Å². The van der Waals surface area contributed by atoms with Gasteiger partial charge in [-0.15, -0.1) is 0 Å². The number of halogens is 1. The van der Waals surface area contributed by atoms with Gasteiger partial charge in [0, 0.05) is 37.6 Å². The highest BCUT2D eigenvalue weighted by Crippen LogP contribution is 2.22. The lowest BCUT2D eigenvalue weighted by molar-refractivity contribution is 0.313. The summed E-state index contributed by atoms with van der Waals surface area (Å²) in [4.78, 5) is 13.4. The van der Waals surface area contributed by atoms with E-state index in [0.29, 0.717) is 11.0 Å². The molecule has 0 aliphatic carbocycles. The molecule has 3 rings (SSSR count). The third-order valence-corrected chi connectivity index (χ3v) is 4.46. The van der Waals surface area contributed by atoms with Crippen molar-refractivity contribution in [1.82, 2.24) is 14.9 Å². The summed E-state index contributed by atoms with van der Waals surface area (Å²) in [7, 11) is 2.17. The summed E-state index contributed by atoms with van der Waals surface area (Å²) >= 11 is 6.05. The first-order valence-corrected chi connectivity index (χ1v) is 8.35. The predicted molar refractivity (Wildman–Crippen MR) is 95.9 cm³/mol. The van der Waals surface area contributed by atoms with E-state index in [4.69, 9.17) is 11.6 Å². The molecule has 1 fully saturated rings. The number of likely N-dealkylation sites (N-methyl/N-ethyl adjacent to an activating group) is 1. The Hall–Kier alpha value is -1.85. The summed E-state index contributed by atoms with van der Waals surface area (Å²) in [6, 6.07) is 8.42. The van der Waals surface area contributed by atoms with Gasteiger partial charge in [0.05, 0.1) is 16.9 Å². The van der Waals surface area contributed by atoms with Crippen LogP contribution in [0.2, 0.25) is 5.02 Å². The van der Waals surface area contributed by atoms with Gasteiger partial charge in [-0.25, -0.2) is 9.97 Å². The number of hydrogen-bond acceptors (Lipinski definition) is 5. The molecule has 6 heteroatoms. The first kappa shape index (κ1) is 16.0. The fourth-order valence-corrected chi connectivity index (χ4v) is 2.88. The van der Waals surface area contributed by atoms with Gasteiger partial charge >= 0.3 is 0 Å². The van der Waals surface area contributed by atoms with Crippen LogP contribution >= 0.6 is 11.6 Å². The second-order valence-corrected chi connectivity index (χ2v) is 6.21. The lowest BCUT2D eigenvalue weighted by atomic mass is 10.2. The highest BCUT2D eigenvalue weighted by atomic mass is 35.5. The molecule has 0 spiro atoms. The summed E-state index contributed by atoms with van der Waals surface area (Å²) in [6.45, 7) is 6.40. The van der Waals surface area contributed by atoms with Crippen LogP contribution in [-0.2, 0) is 6.42 Å². The van der Waals surface area contributed by atoms with Crippen LogP contribution in [0.5, 0.6) is 0 Å². The molecule has 1 aliphatic rings. The van der Waals surface area contributed by atoms with Gasteiger partial charge < -0.3 is 15.1 Å². The minimum atomic E-state index is 0.582. The Labute approximate surface area is 142 Å². The Morgan fingerprint density at radius 3 is 2.48 bits per heavy atom. The van der Waals surface area contributed by atoms with E-state index in [2.05, 4.69) is 56.4 Å². The molecule has 122 valence electrons. The van der Waals surface area contributed by atoms with Gasteiger partial charge in [-0.1, -0.05) is 18.5 Å². The minimum Gasteiger partial charge on any atom is -0.369 e. The highest BCUT2D eigenvalue weighted by molar-refractivity contribution is 6.31. The SMILES string of the molecule is CCc1nc(Nc2ccc(N3CCN(C)CC3)cc2)ncc1Cl. The number of benzene rings is 1. The first-order valence-electron chi connectivity index (χ1n) is 7.97. The Kier molecular flexibility index (Phi) is 4.98. The zero-order valence-electron chi connectivity index (χ0n) is 13.6. The van der Waals surface area contributed by atoms with Crippen LogP contribution in [0, 0.1) is 0 Å². The maximum Gasteiger partial charge on any atom is 0.227 e. The van der Waals surface area contributed by atoms with Gasteiger partial charge in [0.1, 0.15) is 0 Å². The number of anilines is 3. The minimum absolute atomic E-state index is 0.582. The van der Waals surface area contributed by atoms with Gasteiger partial charge in [-0.05, 0) is 37.7 Å². The lowest BCUT2D eigenvalue weighted by Crippen LogP contribution is -2.44. The first-order chi connectivity index (χ1) is 11.2. The third kappa shape index (κ3) is 3.92. The summed E-state index contributed by atoms with van der Waals surface area (Å²) in [5, 5.41) is 3.85. The normalized spacial score (nSPS) is 15.7. The lowest BCUT2D eigenvalue weighted by Gasteiger charge is -2.34. The van der Waals surface area contributed by atoms with Crippen LogP contribution < -0.4 is 10.2 Å². The number of aromatic nitrogens is 2. The monoisotopic (exact) mass is 331 g/mol. The Morgan fingerprint density at radius 2 is 1.83 bits per heavy atom. The van der Waals surface area contributed by atoms with Gasteiger partial charge in [0.25, 0.3) is 0 Å². The van der Waals surface area contributed by atoms with Gasteiger partial charge in [0.2, 0.25) is 5.95 Å². The summed E-state index contributed by atoms with van der Waals surface area (Å²) < 4.78 is 0. The molecule has 1 aliphatic heterocycles. The molecule has 0 bridgehead atoms. The Balaban J connectivity index is 1.68. The molecule has 1 aromatic heterocycles. The highest BCUT2D eigenvalue weighted by Gasteiger charge is 2.14. The van der Waals surface area contributed by atoms with Crippen molar-refractivity contribution in [2.24, 2.45) is 0 Å². The number of nitrogens with one attached hydrogen (secondary N) is 1. The van der Waals surface area contributed by atoms with Gasteiger partial charge in [-0.3, -0.25) is 0 Å². The molecule has 5 nitrogen and oxygen atoms in total. The molecule has 0 amide bonds. The number of rotatable bonds is 4. The van der Waals surface area contributed by atoms with Crippen LogP contribution in [0.3, 0.4) is 0 Å². The molecule has 1 saturated heterocycles. The third-order valence-electron chi connectivity index (χ3n) is 4.14. The van der Waals surface area contributed by atoms with Crippen molar-refractivity contribution < 1.29 is 0 Å². The van der Waals surface area contributed by atoms with E-state index in [-0.39, 0.29) is 0 Å². The summed E-state index contributed by atoms with van der Waals surface area (Å²) in [6.07, 6.45) is 2.44. The van der Waals surface area contributed by atoms with Crippen LogP contribution in [-0.4, -0.2) is 48.1 Å². The second kappa shape index (κ2) is 7.15. The average molecular weight is 332 g/mol. The quantitative estimate of drug-likeness (QED) is 0.932. The topological polar surface area (TPSA) is 44.3 Å². The smallest absolute Gasteiger partial charge is 0.227 e. The molecule has 1 aromatic carbocycles. The Morgan fingerprint density at radius 1 is 1.13 bits per heavy atom. The fourth-order valence-electron chi connectivity index (χ4n) is 2.66. The van der Waals surface area contributed by atoms with E-state index in [9.17, 15) is 0 Å². The van der Waals surface area contributed by atoms with E-state index < -0.39 is 0 Å². The van der Waals surface area contributed by atoms with Crippen molar-refractivity contribution in [1.29, 1.82) is 0 Å². The summed E-state index contributed by atoms with van der Waals surface area (Å²) in [5.74, 6) is 0.582. The molecule has 0 radical (unpaired) electrons. The van der Waals surface area contributed by atoms with Gasteiger partial charge in [0.15, 0.2) is 0 Å². The predicted octanol–water partition coefficient (Wildman–Crippen LogP) is 3.19. The largest absolute Gasteiger partial charge is 0.369 e. The maximum absolute atomic E-state index is 6.05. The van der Waals surface area contributed by atoms with Crippen molar-refractivity contribution in [3.8, 4) is 0 Å². The molecule has 0 unspecified atom stereocenters. The van der Waals surface area contributed by atoms with E-state index in [1.165, 1.54) is 5.69 Å². The standard InChI is InChI=1S/C17H22ClN5/c1-3-16-15(18)12-19-17(21-16)20-13-4-6-14(7-5-13)23-10-8-22(2)9-11-23/h4-7,12H,3,8-11H2,1-2H3,(H,19,20,21). The Bertz CT molecular complexity index is 651. The van der Waals surface area contributed by atoms with Crippen LogP contribution in [0.1, 0.15) is 12.6 Å². The number of hydrogen-bond donors (Lipinski definition) is 1. The van der Waals surface area contributed by atoms with Crippen LogP contribution in [0.25, 0.3) is 0 Å².